The third kappa shape index (κ3) is 19.9. The van der Waals surface area contributed by atoms with Gasteiger partial charge in [-0.2, -0.15) is 0 Å². The monoisotopic (exact) mass is 386 g/mol. The molecule has 1 unspecified atom stereocenters. The van der Waals surface area contributed by atoms with Gasteiger partial charge in [0.25, 0.3) is 0 Å². The zero-order valence-electron chi connectivity index (χ0n) is 18.1. The van der Waals surface area contributed by atoms with Gasteiger partial charge in [-0.25, -0.2) is 4.79 Å². The Balaban J connectivity index is 3.10. The summed E-state index contributed by atoms with van der Waals surface area (Å²) < 4.78 is 4.87. The summed E-state index contributed by atoms with van der Waals surface area (Å²) in [5.41, 5.74) is 0. The zero-order valence-corrected chi connectivity index (χ0v) is 18.1. The summed E-state index contributed by atoms with van der Waals surface area (Å²) in [6.45, 7) is 4.39. The van der Waals surface area contributed by atoms with Crippen LogP contribution in [0.3, 0.4) is 0 Å². The fourth-order valence-electron chi connectivity index (χ4n) is 3.30. The molecule has 0 fully saturated rings. The number of aliphatic hydroxyl groups is 2. The van der Waals surface area contributed by atoms with Crippen LogP contribution >= 0.6 is 0 Å². The number of ether oxygens (including phenoxy) is 1. The molecular formula is C23H46O4. The summed E-state index contributed by atoms with van der Waals surface area (Å²) >= 11 is 0. The summed E-state index contributed by atoms with van der Waals surface area (Å²) in [6, 6.07) is 0. The Morgan fingerprint density at radius 3 is 1.44 bits per heavy atom. The molecule has 2 N–H and O–H groups in total. The van der Waals surface area contributed by atoms with E-state index < -0.39 is 18.7 Å². The molecule has 0 aliphatic rings. The number of rotatable bonds is 20. The van der Waals surface area contributed by atoms with E-state index in [1.807, 2.05) is 0 Å². The predicted octanol–water partition coefficient (Wildman–Crippen LogP) is 5.78. The molecule has 0 radical (unpaired) electrons. The lowest BCUT2D eigenvalue weighted by molar-refractivity contribution is -0.155. The van der Waals surface area contributed by atoms with Crippen LogP contribution in [0.15, 0.2) is 0 Å². The lowest BCUT2D eigenvalue weighted by atomic mass is 10.0. The average Bonchev–Trinajstić information content (AvgIpc) is 2.65. The molecule has 0 amide bonds. The molecule has 27 heavy (non-hydrogen) atoms. The molecule has 4 nitrogen and oxygen atoms in total. The van der Waals surface area contributed by atoms with Crippen LogP contribution in [-0.4, -0.2) is 35.5 Å². The second-order valence-electron chi connectivity index (χ2n) is 8.35. The number of hydrogen-bond acceptors (Lipinski definition) is 4. The van der Waals surface area contributed by atoms with Gasteiger partial charge < -0.3 is 14.9 Å². The molecule has 1 atom stereocenters. The van der Waals surface area contributed by atoms with Crippen LogP contribution in [0.4, 0.5) is 0 Å². The van der Waals surface area contributed by atoms with E-state index in [0.717, 1.165) is 18.8 Å². The van der Waals surface area contributed by atoms with Gasteiger partial charge in [0.1, 0.15) is 0 Å². The van der Waals surface area contributed by atoms with E-state index in [-0.39, 0.29) is 0 Å². The molecule has 0 aromatic carbocycles. The van der Waals surface area contributed by atoms with Crippen molar-refractivity contribution in [3.05, 3.63) is 0 Å². The van der Waals surface area contributed by atoms with Gasteiger partial charge in [-0.3, -0.25) is 0 Å². The predicted molar refractivity (Wildman–Crippen MR) is 113 cm³/mol. The molecule has 162 valence electrons. The van der Waals surface area contributed by atoms with E-state index in [1.54, 1.807) is 0 Å². The average molecular weight is 387 g/mol. The van der Waals surface area contributed by atoms with Crippen molar-refractivity contribution in [2.24, 2.45) is 5.92 Å². The molecule has 0 spiro atoms. The minimum atomic E-state index is -1.39. The highest BCUT2D eigenvalue weighted by Crippen LogP contribution is 2.14. The van der Waals surface area contributed by atoms with Crippen molar-refractivity contribution in [3.8, 4) is 0 Å². The van der Waals surface area contributed by atoms with Crippen LogP contribution in [0.25, 0.3) is 0 Å². The first-order valence-corrected chi connectivity index (χ1v) is 11.5. The van der Waals surface area contributed by atoms with E-state index in [9.17, 15) is 4.79 Å². The van der Waals surface area contributed by atoms with Crippen LogP contribution in [0.5, 0.6) is 0 Å². The van der Waals surface area contributed by atoms with E-state index in [0.29, 0.717) is 6.61 Å². The summed E-state index contributed by atoms with van der Waals surface area (Å²) in [5.74, 6) is 0.144. The number of carbonyl (C=O) groups excluding carboxylic acids is 1. The molecule has 0 saturated heterocycles. The molecule has 0 aromatic heterocycles. The maximum atomic E-state index is 11.1. The van der Waals surface area contributed by atoms with Gasteiger partial charge in [-0.1, -0.05) is 110 Å². The number of carbonyl (C=O) groups is 1. The molecule has 0 heterocycles. The fraction of sp³-hybridized carbons (Fsp3) is 0.957. The number of aliphatic hydroxyl groups excluding tert-OH is 2. The van der Waals surface area contributed by atoms with Crippen LogP contribution in [0.1, 0.15) is 117 Å². The van der Waals surface area contributed by atoms with Crippen molar-refractivity contribution in [1.82, 2.24) is 0 Å². The van der Waals surface area contributed by atoms with Gasteiger partial charge >= 0.3 is 5.97 Å². The topological polar surface area (TPSA) is 66.8 Å². The minimum Gasteiger partial charge on any atom is -0.464 e. The van der Waals surface area contributed by atoms with Crippen LogP contribution in [0, 0.1) is 5.92 Å². The lowest BCUT2D eigenvalue weighted by Crippen LogP contribution is -2.26. The van der Waals surface area contributed by atoms with Crippen LogP contribution in [-0.2, 0) is 9.53 Å². The maximum absolute atomic E-state index is 11.1. The summed E-state index contributed by atoms with van der Waals surface area (Å²) in [5, 5.41) is 17.7. The first kappa shape index (κ1) is 26.4. The number of hydrogen-bond donors (Lipinski definition) is 2. The highest BCUT2D eigenvalue weighted by atomic mass is 16.5. The Hall–Kier alpha value is -0.610. The molecule has 0 bridgehead atoms. The van der Waals surface area contributed by atoms with Crippen molar-refractivity contribution >= 4 is 5.97 Å². The Kier molecular flexibility index (Phi) is 19.7. The normalized spacial score (nSPS) is 12.5. The van der Waals surface area contributed by atoms with Gasteiger partial charge in [0.2, 0.25) is 0 Å². The van der Waals surface area contributed by atoms with E-state index >= 15 is 0 Å². The molecule has 0 rings (SSSR count). The largest absolute Gasteiger partial charge is 0.464 e. The summed E-state index contributed by atoms with van der Waals surface area (Å²) in [7, 11) is 0. The Morgan fingerprint density at radius 2 is 1.07 bits per heavy atom. The van der Waals surface area contributed by atoms with E-state index in [2.05, 4.69) is 13.8 Å². The smallest absolute Gasteiger partial charge is 0.337 e. The second-order valence-corrected chi connectivity index (χ2v) is 8.35. The molecule has 0 aromatic rings. The molecule has 0 saturated carbocycles. The van der Waals surface area contributed by atoms with Crippen molar-refractivity contribution in [3.63, 3.8) is 0 Å². The minimum absolute atomic E-state index is 0.341. The van der Waals surface area contributed by atoms with E-state index in [1.165, 1.54) is 89.9 Å². The molecule has 4 heteroatoms. The molecule has 0 aliphatic carbocycles. The van der Waals surface area contributed by atoms with Crippen molar-refractivity contribution in [2.45, 2.75) is 123 Å². The van der Waals surface area contributed by atoms with E-state index in [4.69, 9.17) is 14.9 Å². The maximum Gasteiger partial charge on any atom is 0.337 e. The fourth-order valence-corrected chi connectivity index (χ4v) is 3.30. The summed E-state index contributed by atoms with van der Waals surface area (Å²) in [6.07, 6.45) is 19.6. The molecule has 0 aliphatic heterocycles. The van der Waals surface area contributed by atoms with Crippen LogP contribution < -0.4 is 0 Å². The highest BCUT2D eigenvalue weighted by Gasteiger charge is 2.14. The van der Waals surface area contributed by atoms with Gasteiger partial charge in [0.15, 0.2) is 6.10 Å². The van der Waals surface area contributed by atoms with Crippen molar-refractivity contribution in [2.75, 3.05) is 13.2 Å². The standard InChI is InChI=1S/C23H46O4/c1-21(2)18-16-14-12-10-8-6-4-3-5-7-9-11-13-15-17-19-27-23(26)22(25)20-24/h21-22,24-25H,3-20H2,1-2H3. The van der Waals surface area contributed by atoms with Crippen molar-refractivity contribution in [1.29, 1.82) is 0 Å². The van der Waals surface area contributed by atoms with Gasteiger partial charge in [-0.15, -0.1) is 0 Å². The first-order valence-electron chi connectivity index (χ1n) is 11.5. The first-order chi connectivity index (χ1) is 13.1. The van der Waals surface area contributed by atoms with Gasteiger partial charge in [-0.05, 0) is 12.3 Å². The zero-order chi connectivity index (χ0) is 20.2. The lowest BCUT2D eigenvalue weighted by Gasteiger charge is -2.08. The summed E-state index contributed by atoms with van der Waals surface area (Å²) in [4.78, 5) is 11.1. The Morgan fingerprint density at radius 1 is 0.704 bits per heavy atom. The van der Waals surface area contributed by atoms with Crippen LogP contribution in [0.2, 0.25) is 0 Å². The Labute approximate surface area is 168 Å². The third-order valence-corrected chi connectivity index (χ3v) is 5.12. The SMILES string of the molecule is CC(C)CCCCCCCCCCCCCCCCCOC(=O)C(O)CO. The third-order valence-electron chi connectivity index (χ3n) is 5.12. The number of unbranched alkanes of at least 4 members (excludes halogenated alkanes) is 14. The van der Waals surface area contributed by atoms with Gasteiger partial charge in [0, 0.05) is 0 Å². The molecular weight excluding hydrogens is 340 g/mol. The van der Waals surface area contributed by atoms with Crippen molar-refractivity contribution < 1.29 is 19.7 Å². The highest BCUT2D eigenvalue weighted by molar-refractivity contribution is 5.74. The Bertz CT molecular complexity index is 318. The quantitative estimate of drug-likeness (QED) is 0.205. The second kappa shape index (κ2) is 20.1. The van der Waals surface area contributed by atoms with Gasteiger partial charge in [0.05, 0.1) is 13.2 Å². The number of esters is 1.